The number of hydrogen-bond donors (Lipinski definition) is 2. The van der Waals surface area contributed by atoms with E-state index in [0.29, 0.717) is 26.1 Å². The number of urea groups is 1. The van der Waals surface area contributed by atoms with Gasteiger partial charge in [0, 0.05) is 24.4 Å². The number of nitrogens with zero attached hydrogens (tertiary/aromatic N) is 1. The minimum absolute atomic E-state index is 0.00234. The molecule has 0 bridgehead atoms. The van der Waals surface area contributed by atoms with E-state index in [4.69, 9.17) is 5.11 Å². The third-order valence-electron chi connectivity index (χ3n) is 3.28. The second-order valence-corrected chi connectivity index (χ2v) is 6.76. The van der Waals surface area contributed by atoms with Crippen molar-refractivity contribution in [2.75, 3.05) is 25.9 Å². The van der Waals surface area contributed by atoms with Crippen LogP contribution >= 0.6 is 11.8 Å². The molecule has 2 amide bonds. The largest absolute Gasteiger partial charge is 0.481 e. The van der Waals surface area contributed by atoms with Crippen LogP contribution in [0.4, 0.5) is 4.79 Å². The first-order chi connectivity index (χ1) is 8.35. The molecule has 0 aliphatic carbocycles. The lowest BCUT2D eigenvalue weighted by molar-refractivity contribution is -0.143. The number of thioether (sulfide) groups is 1. The van der Waals surface area contributed by atoms with E-state index in [9.17, 15) is 9.59 Å². The van der Waals surface area contributed by atoms with Crippen molar-refractivity contribution in [1.29, 1.82) is 0 Å². The number of carbonyl (C=O) groups is 2. The van der Waals surface area contributed by atoms with E-state index in [1.807, 2.05) is 6.26 Å². The molecule has 1 heterocycles. The molecule has 18 heavy (non-hydrogen) atoms. The Morgan fingerprint density at radius 2 is 2.17 bits per heavy atom. The number of aliphatic carboxylic acids is 1. The highest BCUT2D eigenvalue weighted by Crippen LogP contribution is 2.20. The summed E-state index contributed by atoms with van der Waals surface area (Å²) in [5.74, 6) is -1.23. The summed E-state index contributed by atoms with van der Waals surface area (Å²) >= 11 is 1.69. The van der Waals surface area contributed by atoms with Crippen molar-refractivity contribution < 1.29 is 14.7 Å². The molecule has 0 radical (unpaired) electrons. The first kappa shape index (κ1) is 15.1. The van der Waals surface area contributed by atoms with Crippen LogP contribution in [0.2, 0.25) is 0 Å². The average molecular weight is 274 g/mol. The molecule has 0 aromatic rings. The number of carboxylic acid groups (broad SMARTS) is 1. The number of likely N-dealkylation sites (tertiary alicyclic amines) is 1. The molecule has 104 valence electrons. The number of carbonyl (C=O) groups excluding carboxylic acids is 1. The molecule has 0 saturated carbocycles. The smallest absolute Gasteiger partial charge is 0.317 e. The van der Waals surface area contributed by atoms with Crippen LogP contribution in [-0.4, -0.2) is 52.6 Å². The Labute approximate surface area is 112 Å². The Morgan fingerprint density at radius 1 is 1.50 bits per heavy atom. The molecule has 1 rings (SSSR count). The third kappa shape index (κ3) is 4.40. The summed E-state index contributed by atoms with van der Waals surface area (Å²) in [5, 5.41) is 11.8. The van der Waals surface area contributed by atoms with Gasteiger partial charge in [-0.05, 0) is 32.9 Å². The molecular formula is C12H22N2O3S. The fourth-order valence-corrected chi connectivity index (χ4v) is 2.05. The molecule has 6 heteroatoms. The fraction of sp³-hybridized carbons (Fsp3) is 0.833. The van der Waals surface area contributed by atoms with Crippen LogP contribution in [0.25, 0.3) is 0 Å². The monoisotopic (exact) mass is 274 g/mol. The Kier molecular flexibility index (Phi) is 5.31. The first-order valence-electron chi connectivity index (χ1n) is 6.16. The van der Waals surface area contributed by atoms with Gasteiger partial charge in [-0.1, -0.05) is 0 Å². The Hall–Kier alpha value is -0.910. The van der Waals surface area contributed by atoms with Crippen molar-refractivity contribution in [3.63, 3.8) is 0 Å². The summed E-state index contributed by atoms with van der Waals surface area (Å²) in [5.41, 5.74) is 0. The number of piperidine rings is 1. The molecule has 0 unspecified atom stereocenters. The van der Waals surface area contributed by atoms with Crippen LogP contribution in [0.3, 0.4) is 0 Å². The highest BCUT2D eigenvalue weighted by Gasteiger charge is 2.28. The Balaban J connectivity index is 2.44. The molecule has 1 aliphatic rings. The van der Waals surface area contributed by atoms with E-state index < -0.39 is 11.9 Å². The lowest BCUT2D eigenvalue weighted by Crippen LogP contribution is -2.49. The number of amides is 2. The second kappa shape index (κ2) is 6.31. The van der Waals surface area contributed by atoms with Crippen molar-refractivity contribution >= 4 is 23.8 Å². The van der Waals surface area contributed by atoms with Crippen LogP contribution < -0.4 is 5.32 Å². The van der Waals surface area contributed by atoms with Crippen molar-refractivity contribution in [3.05, 3.63) is 0 Å². The summed E-state index contributed by atoms with van der Waals surface area (Å²) in [6, 6.07) is -0.150. The lowest BCUT2D eigenvalue weighted by atomic mass is 9.99. The van der Waals surface area contributed by atoms with Gasteiger partial charge < -0.3 is 15.3 Å². The van der Waals surface area contributed by atoms with Gasteiger partial charge in [0.2, 0.25) is 0 Å². The van der Waals surface area contributed by atoms with Crippen molar-refractivity contribution in [3.8, 4) is 0 Å². The van der Waals surface area contributed by atoms with Gasteiger partial charge in [0.05, 0.1) is 5.92 Å². The van der Waals surface area contributed by atoms with Crippen molar-refractivity contribution in [2.45, 2.75) is 31.4 Å². The zero-order valence-corrected chi connectivity index (χ0v) is 12.0. The number of hydrogen-bond acceptors (Lipinski definition) is 3. The standard InChI is InChI=1S/C12H22N2O3S/c1-12(2,18-3)8-13-11(17)14-6-4-5-9(7-14)10(15)16/h9H,4-8H2,1-3H3,(H,13,17)(H,15,16)/t9-/m0/s1. The quantitative estimate of drug-likeness (QED) is 0.817. The predicted octanol–water partition coefficient (Wildman–Crippen LogP) is 1.63. The predicted molar refractivity (Wildman–Crippen MR) is 72.9 cm³/mol. The zero-order valence-electron chi connectivity index (χ0n) is 11.2. The molecule has 1 fully saturated rings. The Morgan fingerprint density at radius 3 is 2.72 bits per heavy atom. The molecule has 1 saturated heterocycles. The van der Waals surface area contributed by atoms with Gasteiger partial charge in [0.1, 0.15) is 0 Å². The van der Waals surface area contributed by atoms with Gasteiger partial charge in [-0.25, -0.2) is 4.79 Å². The van der Waals surface area contributed by atoms with Crippen LogP contribution in [-0.2, 0) is 4.79 Å². The van der Waals surface area contributed by atoms with Gasteiger partial charge in [-0.15, -0.1) is 0 Å². The molecule has 0 aromatic carbocycles. The minimum Gasteiger partial charge on any atom is -0.481 e. The van der Waals surface area contributed by atoms with E-state index in [1.165, 1.54) is 0 Å². The Bertz CT molecular complexity index is 320. The van der Waals surface area contributed by atoms with E-state index in [-0.39, 0.29) is 10.8 Å². The van der Waals surface area contributed by atoms with Gasteiger partial charge in [0.15, 0.2) is 0 Å². The summed E-state index contributed by atoms with van der Waals surface area (Å²) in [6.07, 6.45) is 3.43. The second-order valence-electron chi connectivity index (χ2n) is 5.25. The molecule has 5 nitrogen and oxygen atoms in total. The normalized spacial score (nSPS) is 20.6. The van der Waals surface area contributed by atoms with E-state index in [2.05, 4.69) is 19.2 Å². The summed E-state index contributed by atoms with van der Waals surface area (Å²) in [6.45, 7) is 5.68. The molecule has 0 spiro atoms. The highest BCUT2D eigenvalue weighted by atomic mass is 32.2. The van der Waals surface area contributed by atoms with Gasteiger partial charge in [-0.3, -0.25) is 4.79 Å². The fourth-order valence-electron chi connectivity index (χ4n) is 1.84. The van der Waals surface area contributed by atoms with Gasteiger partial charge >= 0.3 is 12.0 Å². The van der Waals surface area contributed by atoms with Crippen molar-refractivity contribution in [2.24, 2.45) is 5.92 Å². The summed E-state index contributed by atoms with van der Waals surface area (Å²) < 4.78 is -0.00234. The average Bonchev–Trinajstić information content (AvgIpc) is 2.36. The number of carboxylic acids is 1. The molecule has 1 aliphatic heterocycles. The van der Waals surface area contributed by atoms with E-state index in [0.717, 1.165) is 6.42 Å². The van der Waals surface area contributed by atoms with Crippen LogP contribution in [0.15, 0.2) is 0 Å². The topological polar surface area (TPSA) is 69.6 Å². The van der Waals surface area contributed by atoms with Crippen LogP contribution in [0.1, 0.15) is 26.7 Å². The molecule has 1 atom stereocenters. The first-order valence-corrected chi connectivity index (χ1v) is 7.39. The van der Waals surface area contributed by atoms with E-state index in [1.54, 1.807) is 16.7 Å². The van der Waals surface area contributed by atoms with E-state index >= 15 is 0 Å². The summed E-state index contributed by atoms with van der Waals surface area (Å²) in [4.78, 5) is 24.5. The SMILES string of the molecule is CSC(C)(C)CNC(=O)N1CCC[C@H](C(=O)O)C1. The highest BCUT2D eigenvalue weighted by molar-refractivity contribution is 7.99. The number of nitrogens with one attached hydrogen (secondary N) is 1. The lowest BCUT2D eigenvalue weighted by Gasteiger charge is -2.32. The van der Waals surface area contributed by atoms with Gasteiger partial charge in [0.25, 0.3) is 0 Å². The third-order valence-corrected chi connectivity index (χ3v) is 4.53. The molecule has 0 aromatic heterocycles. The maximum Gasteiger partial charge on any atom is 0.317 e. The number of rotatable bonds is 4. The van der Waals surface area contributed by atoms with Crippen molar-refractivity contribution in [1.82, 2.24) is 10.2 Å². The zero-order chi connectivity index (χ0) is 13.8. The maximum absolute atomic E-state index is 11.9. The van der Waals surface area contributed by atoms with Crippen LogP contribution in [0, 0.1) is 5.92 Å². The maximum atomic E-state index is 11.9. The van der Waals surface area contributed by atoms with Gasteiger partial charge in [-0.2, -0.15) is 11.8 Å². The minimum atomic E-state index is -0.808. The molecular weight excluding hydrogens is 252 g/mol. The summed E-state index contributed by atoms with van der Waals surface area (Å²) in [7, 11) is 0. The molecule has 2 N–H and O–H groups in total. The van der Waals surface area contributed by atoms with Crippen LogP contribution in [0.5, 0.6) is 0 Å².